The van der Waals surface area contributed by atoms with Crippen molar-refractivity contribution in [2.45, 2.75) is 46.7 Å². The van der Waals surface area contributed by atoms with Crippen LogP contribution in [0.2, 0.25) is 0 Å². The normalized spacial score (nSPS) is 14.8. The fraction of sp³-hybridized carbons (Fsp3) is 1.00. The molecule has 0 aromatic rings. The molecule has 0 aliphatic heterocycles. The molecule has 0 aliphatic carbocycles. The molecular formula is C8H19ClNOP. The zero-order chi connectivity index (χ0) is 9.72. The van der Waals surface area contributed by atoms with Gasteiger partial charge in [-0.3, -0.25) is 0 Å². The molecule has 0 fully saturated rings. The van der Waals surface area contributed by atoms with E-state index in [1.54, 1.807) is 0 Å². The molecule has 0 saturated carbocycles. The molecule has 4 heteroatoms. The van der Waals surface area contributed by atoms with Crippen LogP contribution in [0.5, 0.6) is 0 Å². The molecule has 0 bridgehead atoms. The fourth-order valence-electron chi connectivity index (χ4n) is 1.13. The van der Waals surface area contributed by atoms with Crippen molar-refractivity contribution in [1.29, 1.82) is 0 Å². The molecule has 1 unspecified atom stereocenters. The summed E-state index contributed by atoms with van der Waals surface area (Å²) in [5.74, 6) is 0. The first-order chi connectivity index (χ1) is 5.50. The Morgan fingerprint density at radius 3 is 1.92 bits per heavy atom. The topological polar surface area (TPSA) is 12.5 Å². The van der Waals surface area contributed by atoms with Gasteiger partial charge in [-0.2, -0.15) is 0 Å². The van der Waals surface area contributed by atoms with Crippen molar-refractivity contribution in [3.63, 3.8) is 0 Å². The predicted octanol–water partition coefficient (Wildman–Crippen LogP) is 3.61. The zero-order valence-corrected chi connectivity index (χ0v) is 10.2. The van der Waals surface area contributed by atoms with Crippen LogP contribution >= 0.6 is 18.9 Å². The van der Waals surface area contributed by atoms with Gasteiger partial charge in [-0.1, -0.05) is 0 Å². The number of hydrogen-bond donors (Lipinski definition) is 0. The smallest absolute Gasteiger partial charge is 0.207 e. The highest BCUT2D eigenvalue weighted by molar-refractivity contribution is 7.78. The summed E-state index contributed by atoms with van der Waals surface area (Å²) in [6.07, 6.45) is 0. The number of halogens is 1. The molecule has 0 amide bonds. The minimum absolute atomic E-state index is 0.445. The molecule has 74 valence electrons. The minimum atomic E-state index is -0.917. The van der Waals surface area contributed by atoms with Gasteiger partial charge >= 0.3 is 0 Å². The third kappa shape index (κ3) is 4.04. The Hall–Kier alpha value is 0.640. The Morgan fingerprint density at radius 1 is 1.25 bits per heavy atom. The van der Waals surface area contributed by atoms with Crippen LogP contribution in [-0.2, 0) is 4.52 Å². The Kier molecular flexibility index (Phi) is 6.48. The van der Waals surface area contributed by atoms with Crippen molar-refractivity contribution in [2.75, 3.05) is 6.61 Å². The molecule has 0 saturated heterocycles. The predicted molar refractivity (Wildman–Crippen MR) is 56.5 cm³/mol. The van der Waals surface area contributed by atoms with Gasteiger partial charge in [-0.15, -0.1) is 0 Å². The van der Waals surface area contributed by atoms with Gasteiger partial charge in [0.05, 0.1) is 6.61 Å². The zero-order valence-electron chi connectivity index (χ0n) is 8.54. The van der Waals surface area contributed by atoms with E-state index in [4.69, 9.17) is 15.8 Å². The average molecular weight is 212 g/mol. The van der Waals surface area contributed by atoms with Crippen LogP contribution < -0.4 is 0 Å². The second-order valence-corrected chi connectivity index (χ2v) is 5.25. The summed E-state index contributed by atoms with van der Waals surface area (Å²) in [4.78, 5) is 0. The van der Waals surface area contributed by atoms with Gasteiger partial charge in [0.25, 0.3) is 0 Å². The van der Waals surface area contributed by atoms with Crippen molar-refractivity contribution in [3.05, 3.63) is 0 Å². The Morgan fingerprint density at radius 2 is 1.67 bits per heavy atom. The second kappa shape index (κ2) is 6.15. The molecule has 12 heavy (non-hydrogen) atoms. The summed E-state index contributed by atoms with van der Waals surface area (Å²) in [7, 11) is -0.917. The summed E-state index contributed by atoms with van der Waals surface area (Å²) in [5, 5.41) is 0. The molecule has 1 atom stereocenters. The van der Waals surface area contributed by atoms with E-state index in [1.807, 2.05) is 6.92 Å². The third-order valence-electron chi connectivity index (χ3n) is 1.48. The molecule has 0 heterocycles. The standard InChI is InChI=1S/C8H19ClNOP/c1-6-11-12(9)10(7(2)3)8(4)5/h7-8H,6H2,1-5H3. The van der Waals surface area contributed by atoms with E-state index < -0.39 is 7.65 Å². The fourth-order valence-corrected chi connectivity index (χ4v) is 3.55. The molecule has 0 rings (SSSR count). The summed E-state index contributed by atoms with van der Waals surface area (Å²) in [6.45, 7) is 11.2. The van der Waals surface area contributed by atoms with Gasteiger partial charge in [-0.05, 0) is 45.9 Å². The highest BCUT2D eigenvalue weighted by Gasteiger charge is 2.22. The van der Waals surface area contributed by atoms with Crippen LogP contribution in [0, 0.1) is 0 Å². The molecule has 0 aromatic heterocycles. The van der Waals surface area contributed by atoms with Crippen LogP contribution in [0.1, 0.15) is 34.6 Å². The lowest BCUT2D eigenvalue weighted by atomic mass is 10.3. The van der Waals surface area contributed by atoms with Crippen LogP contribution in [0.3, 0.4) is 0 Å². The Labute approximate surface area is 81.9 Å². The molecule has 0 radical (unpaired) electrons. The summed E-state index contributed by atoms with van der Waals surface area (Å²) in [6, 6.07) is 0.889. The molecule has 0 aliphatic rings. The Bertz CT molecular complexity index is 114. The first kappa shape index (κ1) is 12.6. The lowest BCUT2D eigenvalue weighted by molar-refractivity contribution is 0.270. The van der Waals surface area contributed by atoms with Gasteiger partial charge in [0.1, 0.15) is 0 Å². The number of nitrogens with zero attached hydrogens (tertiary/aromatic N) is 1. The highest BCUT2D eigenvalue weighted by Crippen LogP contribution is 2.49. The van der Waals surface area contributed by atoms with Crippen LogP contribution in [0.15, 0.2) is 0 Å². The van der Waals surface area contributed by atoms with E-state index in [2.05, 4.69) is 32.4 Å². The number of rotatable bonds is 5. The second-order valence-electron chi connectivity index (χ2n) is 3.21. The maximum atomic E-state index is 6.11. The molecule has 0 spiro atoms. The third-order valence-corrected chi connectivity index (χ3v) is 4.05. The first-order valence-corrected chi connectivity index (χ1v) is 6.49. The largest absolute Gasteiger partial charge is 0.332 e. The molecule has 2 nitrogen and oxygen atoms in total. The van der Waals surface area contributed by atoms with E-state index in [9.17, 15) is 0 Å². The quantitative estimate of drug-likeness (QED) is 0.645. The Balaban J connectivity index is 4.09. The molecule has 0 N–H and O–H groups in total. The van der Waals surface area contributed by atoms with E-state index >= 15 is 0 Å². The van der Waals surface area contributed by atoms with Gasteiger partial charge in [-0.25, -0.2) is 4.67 Å². The maximum absolute atomic E-state index is 6.11. The molecule has 0 aromatic carbocycles. The summed E-state index contributed by atoms with van der Waals surface area (Å²) < 4.78 is 7.58. The van der Waals surface area contributed by atoms with Crippen LogP contribution in [0.25, 0.3) is 0 Å². The van der Waals surface area contributed by atoms with Gasteiger partial charge < -0.3 is 4.52 Å². The van der Waals surface area contributed by atoms with Crippen molar-refractivity contribution >= 4 is 18.9 Å². The van der Waals surface area contributed by atoms with E-state index in [0.29, 0.717) is 18.7 Å². The van der Waals surface area contributed by atoms with Crippen LogP contribution in [0.4, 0.5) is 0 Å². The molecular weight excluding hydrogens is 193 g/mol. The monoisotopic (exact) mass is 211 g/mol. The summed E-state index contributed by atoms with van der Waals surface area (Å²) >= 11 is 6.11. The summed E-state index contributed by atoms with van der Waals surface area (Å²) in [5.41, 5.74) is 0. The first-order valence-electron chi connectivity index (χ1n) is 4.37. The maximum Gasteiger partial charge on any atom is 0.207 e. The van der Waals surface area contributed by atoms with Gasteiger partial charge in [0.2, 0.25) is 7.65 Å². The lowest BCUT2D eigenvalue weighted by Gasteiger charge is -2.32. The van der Waals surface area contributed by atoms with Crippen molar-refractivity contribution in [3.8, 4) is 0 Å². The van der Waals surface area contributed by atoms with Gasteiger partial charge in [0.15, 0.2) is 0 Å². The SMILES string of the molecule is CCOP(Cl)N(C(C)C)C(C)C. The van der Waals surface area contributed by atoms with E-state index in [0.717, 1.165) is 0 Å². The number of hydrogen-bond acceptors (Lipinski definition) is 2. The van der Waals surface area contributed by atoms with E-state index in [1.165, 1.54) is 0 Å². The van der Waals surface area contributed by atoms with Crippen molar-refractivity contribution in [2.24, 2.45) is 0 Å². The van der Waals surface area contributed by atoms with Gasteiger partial charge in [0, 0.05) is 12.1 Å². The van der Waals surface area contributed by atoms with Crippen molar-refractivity contribution < 1.29 is 4.52 Å². The van der Waals surface area contributed by atoms with Crippen molar-refractivity contribution in [1.82, 2.24) is 4.67 Å². The lowest BCUT2D eigenvalue weighted by Crippen LogP contribution is -2.31. The van der Waals surface area contributed by atoms with Crippen LogP contribution in [-0.4, -0.2) is 23.4 Å². The highest BCUT2D eigenvalue weighted by atomic mass is 35.7. The average Bonchev–Trinajstić information content (AvgIpc) is 1.85. The van der Waals surface area contributed by atoms with E-state index in [-0.39, 0.29) is 0 Å². The minimum Gasteiger partial charge on any atom is -0.332 e.